The van der Waals surface area contributed by atoms with E-state index in [4.69, 9.17) is 9.47 Å². The second-order valence-corrected chi connectivity index (χ2v) is 8.47. The van der Waals surface area contributed by atoms with Gasteiger partial charge >= 0.3 is 0 Å². The van der Waals surface area contributed by atoms with E-state index in [2.05, 4.69) is 6.07 Å². The van der Waals surface area contributed by atoms with Crippen LogP contribution in [0, 0.1) is 11.7 Å². The number of hydrogen-bond donors (Lipinski definition) is 2. The van der Waals surface area contributed by atoms with Gasteiger partial charge in [0.1, 0.15) is 29.9 Å². The smallest absolute Gasteiger partial charge is 0.132 e. The fourth-order valence-corrected chi connectivity index (χ4v) is 5.45. The van der Waals surface area contributed by atoms with Crippen LogP contribution in [0.5, 0.6) is 11.5 Å². The third kappa shape index (κ3) is 3.86. The van der Waals surface area contributed by atoms with Crippen LogP contribution in [-0.4, -0.2) is 31.5 Å². The van der Waals surface area contributed by atoms with Gasteiger partial charge in [-0.2, -0.15) is 0 Å². The minimum Gasteiger partial charge on any atom is -0.497 e. The number of piperidine rings is 1. The molecule has 1 saturated heterocycles. The first kappa shape index (κ1) is 20.2. The third-order valence-corrected chi connectivity index (χ3v) is 6.94. The number of nitrogens with one attached hydrogen (secondary N) is 1. The van der Waals surface area contributed by atoms with Crippen molar-refractivity contribution in [1.29, 1.82) is 0 Å². The molecule has 2 aromatic rings. The van der Waals surface area contributed by atoms with Crippen molar-refractivity contribution in [3.63, 3.8) is 0 Å². The Morgan fingerprint density at radius 1 is 1.10 bits per heavy atom. The molecule has 4 atom stereocenters. The number of ether oxygens (including phenoxy) is 2. The van der Waals surface area contributed by atoms with Gasteiger partial charge in [-0.15, -0.1) is 0 Å². The second kappa shape index (κ2) is 8.33. The zero-order valence-electron chi connectivity index (χ0n) is 17.3. The average molecular weight is 401 g/mol. The number of quaternary nitrogens is 1. The van der Waals surface area contributed by atoms with Gasteiger partial charge in [0.05, 0.1) is 31.9 Å². The zero-order valence-corrected chi connectivity index (χ0v) is 17.3. The lowest BCUT2D eigenvalue weighted by Crippen LogP contribution is -3.13. The first-order valence-electron chi connectivity index (χ1n) is 10.6. The summed E-state index contributed by atoms with van der Waals surface area (Å²) in [6.45, 7) is 1.40. The van der Waals surface area contributed by atoms with Crippen molar-refractivity contribution in [2.45, 2.75) is 50.3 Å². The Morgan fingerprint density at radius 2 is 1.93 bits per heavy atom. The Kier molecular flexibility index (Phi) is 5.79. The van der Waals surface area contributed by atoms with Crippen molar-refractivity contribution in [1.82, 2.24) is 0 Å². The van der Waals surface area contributed by atoms with Crippen molar-refractivity contribution >= 4 is 0 Å². The molecule has 2 N–H and O–H groups in total. The van der Waals surface area contributed by atoms with Crippen molar-refractivity contribution in [2.24, 2.45) is 5.92 Å². The standard InChI is InChI=1S/C24H30FNO3/c1-28-18-10-11-19(22(15-18)29-2)23-20-8-5-6-12-24(20,27)13-14-26(23)16-17-7-3-4-9-21(17)25/h3-4,7,9-11,15,20,23,27H,5-6,8,12-14,16H2,1-2H3/p+1/t20-,23+,24+/m1/s1. The molecule has 0 amide bonds. The molecular weight excluding hydrogens is 369 g/mol. The van der Waals surface area contributed by atoms with Crippen molar-refractivity contribution in [3.05, 3.63) is 59.4 Å². The number of aliphatic hydroxyl groups is 1. The maximum Gasteiger partial charge on any atom is 0.132 e. The maximum atomic E-state index is 14.4. The highest BCUT2D eigenvalue weighted by molar-refractivity contribution is 5.42. The quantitative estimate of drug-likeness (QED) is 0.809. The van der Waals surface area contributed by atoms with Gasteiger partial charge in [0.15, 0.2) is 0 Å². The maximum absolute atomic E-state index is 14.4. The SMILES string of the molecule is COc1ccc([C@H]2[C@H]3CCCC[C@]3(O)CC[NH+]2Cc2ccccc2F)c(OC)c1. The van der Waals surface area contributed by atoms with E-state index in [1.807, 2.05) is 24.3 Å². The van der Waals surface area contributed by atoms with Crippen LogP contribution in [0.25, 0.3) is 0 Å². The van der Waals surface area contributed by atoms with E-state index in [-0.39, 0.29) is 17.8 Å². The lowest BCUT2D eigenvalue weighted by molar-refractivity contribution is -0.958. The van der Waals surface area contributed by atoms with Crippen LogP contribution in [0.15, 0.2) is 42.5 Å². The highest BCUT2D eigenvalue weighted by atomic mass is 19.1. The van der Waals surface area contributed by atoms with Gasteiger partial charge < -0.3 is 19.5 Å². The summed E-state index contributed by atoms with van der Waals surface area (Å²) in [5, 5.41) is 11.5. The Bertz CT molecular complexity index is 858. The summed E-state index contributed by atoms with van der Waals surface area (Å²) >= 11 is 0. The van der Waals surface area contributed by atoms with Gasteiger partial charge in [-0.25, -0.2) is 4.39 Å². The van der Waals surface area contributed by atoms with Gasteiger partial charge in [-0.3, -0.25) is 0 Å². The summed E-state index contributed by atoms with van der Waals surface area (Å²) < 4.78 is 25.5. The molecule has 2 aromatic carbocycles. The highest BCUT2D eigenvalue weighted by Gasteiger charge is 2.52. The lowest BCUT2D eigenvalue weighted by atomic mass is 9.66. The number of hydrogen-bond acceptors (Lipinski definition) is 3. The fraction of sp³-hybridized carbons (Fsp3) is 0.500. The van der Waals surface area contributed by atoms with E-state index in [0.717, 1.165) is 61.3 Å². The summed E-state index contributed by atoms with van der Waals surface area (Å²) in [6.07, 6.45) is 4.78. The molecule has 1 heterocycles. The Hall–Kier alpha value is -2.11. The third-order valence-electron chi connectivity index (χ3n) is 6.94. The topological polar surface area (TPSA) is 43.1 Å². The van der Waals surface area contributed by atoms with Gasteiger partial charge in [0.25, 0.3) is 0 Å². The van der Waals surface area contributed by atoms with E-state index >= 15 is 0 Å². The molecule has 0 aromatic heterocycles. The molecule has 1 unspecified atom stereocenters. The van der Waals surface area contributed by atoms with E-state index < -0.39 is 5.60 Å². The minimum absolute atomic E-state index is 0.0505. The molecule has 0 spiro atoms. The van der Waals surface area contributed by atoms with Crippen LogP contribution >= 0.6 is 0 Å². The van der Waals surface area contributed by atoms with Crippen LogP contribution in [0.4, 0.5) is 4.39 Å². The van der Waals surface area contributed by atoms with Crippen molar-refractivity contribution in [3.8, 4) is 11.5 Å². The summed E-state index contributed by atoms with van der Waals surface area (Å²) in [4.78, 5) is 1.29. The van der Waals surface area contributed by atoms with Crippen molar-refractivity contribution < 1.29 is 23.9 Å². The number of methoxy groups -OCH3 is 2. The number of rotatable bonds is 5. The van der Waals surface area contributed by atoms with Gasteiger partial charge in [-0.05, 0) is 31.0 Å². The number of halogens is 1. The predicted molar refractivity (Wildman–Crippen MR) is 110 cm³/mol. The molecule has 1 aliphatic carbocycles. The summed E-state index contributed by atoms with van der Waals surface area (Å²) in [5.41, 5.74) is 1.15. The Labute approximate surface area is 172 Å². The molecular formula is C24H31FNO3+. The van der Waals surface area contributed by atoms with Gasteiger partial charge in [0.2, 0.25) is 0 Å². The second-order valence-electron chi connectivity index (χ2n) is 8.47. The van der Waals surface area contributed by atoms with E-state index in [1.54, 1.807) is 20.3 Å². The summed E-state index contributed by atoms with van der Waals surface area (Å²) in [7, 11) is 3.31. The first-order chi connectivity index (χ1) is 14.1. The Morgan fingerprint density at radius 3 is 2.69 bits per heavy atom. The molecule has 0 bridgehead atoms. The molecule has 0 radical (unpaired) electrons. The molecule has 2 aliphatic rings. The number of benzene rings is 2. The molecule has 4 nitrogen and oxygen atoms in total. The largest absolute Gasteiger partial charge is 0.497 e. The highest BCUT2D eigenvalue weighted by Crippen LogP contribution is 2.46. The Balaban J connectivity index is 1.76. The van der Waals surface area contributed by atoms with Crippen LogP contribution in [0.1, 0.15) is 49.3 Å². The predicted octanol–water partition coefficient (Wildman–Crippen LogP) is 3.29. The molecule has 5 heteroatoms. The molecule has 29 heavy (non-hydrogen) atoms. The fourth-order valence-electron chi connectivity index (χ4n) is 5.45. The van der Waals surface area contributed by atoms with Gasteiger partial charge in [-0.1, -0.05) is 31.0 Å². The van der Waals surface area contributed by atoms with E-state index in [0.29, 0.717) is 6.54 Å². The molecule has 4 rings (SSSR count). The van der Waals surface area contributed by atoms with Crippen LogP contribution in [0.2, 0.25) is 0 Å². The molecule has 1 aliphatic heterocycles. The van der Waals surface area contributed by atoms with Crippen LogP contribution in [0.3, 0.4) is 0 Å². The average Bonchev–Trinajstić information content (AvgIpc) is 2.75. The van der Waals surface area contributed by atoms with Crippen molar-refractivity contribution in [2.75, 3.05) is 20.8 Å². The van der Waals surface area contributed by atoms with E-state index in [9.17, 15) is 9.50 Å². The van der Waals surface area contributed by atoms with Gasteiger partial charge in [0, 0.05) is 24.0 Å². The normalized spacial score (nSPS) is 29.2. The molecule has 1 saturated carbocycles. The monoisotopic (exact) mass is 400 g/mol. The molecule has 2 fully saturated rings. The van der Waals surface area contributed by atoms with Crippen LogP contribution < -0.4 is 14.4 Å². The lowest BCUT2D eigenvalue weighted by Gasteiger charge is -2.50. The van der Waals surface area contributed by atoms with Crippen LogP contribution in [-0.2, 0) is 6.54 Å². The summed E-state index contributed by atoms with van der Waals surface area (Å²) in [5.74, 6) is 1.49. The van der Waals surface area contributed by atoms with E-state index in [1.165, 1.54) is 11.0 Å². The molecule has 156 valence electrons. The summed E-state index contributed by atoms with van der Waals surface area (Å²) in [6, 6.07) is 13.0. The minimum atomic E-state index is -0.646. The number of fused-ring (bicyclic) bond motifs is 1. The number of likely N-dealkylation sites (tertiary alicyclic amines) is 1. The zero-order chi connectivity index (χ0) is 20.4. The first-order valence-corrected chi connectivity index (χ1v) is 10.6.